The van der Waals surface area contributed by atoms with Gasteiger partial charge in [-0.2, -0.15) is 0 Å². The number of fused-ring (bicyclic) bond motifs is 1. The van der Waals surface area contributed by atoms with Crippen LogP contribution in [0.25, 0.3) is 5.57 Å². The molecule has 1 aromatic carbocycles. The van der Waals surface area contributed by atoms with Crippen molar-refractivity contribution in [3.8, 4) is 5.88 Å². The number of pyridine rings is 1. The molecule has 1 aliphatic carbocycles. The molecule has 0 fully saturated rings. The summed E-state index contributed by atoms with van der Waals surface area (Å²) in [5.41, 5.74) is 2.70. The minimum atomic E-state index is -0.473. The largest absolute Gasteiger partial charge is 0.472 e. The van der Waals surface area contributed by atoms with Gasteiger partial charge in [-0.05, 0) is 68.0 Å². The summed E-state index contributed by atoms with van der Waals surface area (Å²) in [4.78, 5) is 34.3. The van der Waals surface area contributed by atoms with Gasteiger partial charge in [-0.1, -0.05) is 19.1 Å². The number of rotatable bonds is 6. The molecule has 0 saturated carbocycles. The van der Waals surface area contributed by atoms with Gasteiger partial charge in [0.25, 0.3) is 11.8 Å². The number of aromatic nitrogens is 1. The third-order valence-corrected chi connectivity index (χ3v) is 7.05. The van der Waals surface area contributed by atoms with Gasteiger partial charge in [-0.25, -0.2) is 9.37 Å². The summed E-state index contributed by atoms with van der Waals surface area (Å²) < 4.78 is 20.0. The van der Waals surface area contributed by atoms with Crippen molar-refractivity contribution in [1.82, 2.24) is 14.8 Å². The summed E-state index contributed by atoms with van der Waals surface area (Å²) in [7, 11) is 1.65. The van der Waals surface area contributed by atoms with E-state index >= 15 is 0 Å². The smallest absolute Gasteiger partial charge is 0.259 e. The van der Waals surface area contributed by atoms with Gasteiger partial charge >= 0.3 is 0 Å². The van der Waals surface area contributed by atoms with Crippen LogP contribution in [0.15, 0.2) is 42.6 Å². The monoisotopic (exact) mass is 495 g/mol. The van der Waals surface area contributed by atoms with E-state index in [0.29, 0.717) is 12.1 Å². The van der Waals surface area contributed by atoms with E-state index in [4.69, 9.17) is 4.74 Å². The molecule has 3 atom stereocenters. The number of allylic oxidation sites excluding steroid dienone is 2. The van der Waals surface area contributed by atoms with Crippen LogP contribution < -0.4 is 4.74 Å². The molecule has 0 radical (unpaired) electrons. The molecule has 192 valence electrons. The minimum absolute atomic E-state index is 0.165. The quantitative estimate of drug-likeness (QED) is 0.651. The number of halogens is 1. The van der Waals surface area contributed by atoms with Crippen LogP contribution in [-0.2, 0) is 0 Å². The molecule has 1 N–H and O–H groups in total. The van der Waals surface area contributed by atoms with E-state index in [-0.39, 0.29) is 42.3 Å². The second kappa shape index (κ2) is 11.2. The highest BCUT2D eigenvalue weighted by Gasteiger charge is 2.35. The molecule has 8 heteroatoms. The molecule has 0 saturated heterocycles. The molecule has 7 nitrogen and oxygen atoms in total. The maximum Gasteiger partial charge on any atom is 0.259 e. The maximum atomic E-state index is 13.7. The second-order valence-electron chi connectivity index (χ2n) is 9.87. The Morgan fingerprint density at radius 3 is 2.83 bits per heavy atom. The molecule has 36 heavy (non-hydrogen) atoms. The number of hydrogen-bond donors (Lipinski definition) is 1. The van der Waals surface area contributed by atoms with E-state index in [9.17, 15) is 19.1 Å². The molecule has 2 heterocycles. The van der Waals surface area contributed by atoms with Crippen molar-refractivity contribution in [3.63, 3.8) is 0 Å². The highest BCUT2D eigenvalue weighted by Crippen LogP contribution is 2.32. The molecule has 0 unspecified atom stereocenters. The summed E-state index contributed by atoms with van der Waals surface area (Å²) in [6, 6.07) is 7.04. The third kappa shape index (κ3) is 5.59. The van der Waals surface area contributed by atoms with E-state index in [1.807, 2.05) is 19.9 Å². The van der Waals surface area contributed by atoms with E-state index in [1.54, 1.807) is 24.2 Å². The first-order chi connectivity index (χ1) is 17.3. The van der Waals surface area contributed by atoms with Crippen LogP contribution in [0.2, 0.25) is 0 Å². The van der Waals surface area contributed by atoms with E-state index in [0.717, 1.165) is 31.2 Å². The highest BCUT2D eigenvalue weighted by molar-refractivity contribution is 5.97. The Hall–Kier alpha value is -3.26. The SMILES string of the molecule is C[C@@H]1CN([C@@H](C)CO)C(=O)c2cc(C3=CCCCC3)cnc2O[C@H]1CN(C)C(=O)c1cccc(F)c1. The fraction of sp³-hybridized carbons (Fsp3) is 0.464. The van der Waals surface area contributed by atoms with Crippen LogP contribution in [0.3, 0.4) is 0 Å². The van der Waals surface area contributed by atoms with Gasteiger partial charge in [0.2, 0.25) is 5.88 Å². The highest BCUT2D eigenvalue weighted by atomic mass is 19.1. The number of nitrogens with zero attached hydrogens (tertiary/aromatic N) is 3. The van der Waals surface area contributed by atoms with E-state index in [2.05, 4.69) is 11.1 Å². The Kier molecular flexibility index (Phi) is 8.04. The number of carbonyl (C=O) groups excluding carboxylic acids is 2. The van der Waals surface area contributed by atoms with Crippen LogP contribution in [0.1, 0.15) is 65.8 Å². The van der Waals surface area contributed by atoms with Crippen molar-refractivity contribution < 1.29 is 23.8 Å². The first-order valence-electron chi connectivity index (χ1n) is 12.6. The number of ether oxygens (including phenoxy) is 1. The van der Waals surface area contributed by atoms with Gasteiger partial charge in [0.05, 0.1) is 19.2 Å². The second-order valence-corrected chi connectivity index (χ2v) is 9.87. The van der Waals surface area contributed by atoms with Crippen molar-refractivity contribution in [1.29, 1.82) is 0 Å². The number of hydrogen-bond acceptors (Lipinski definition) is 5. The Bertz CT molecular complexity index is 1150. The van der Waals surface area contributed by atoms with Crippen molar-refractivity contribution in [2.24, 2.45) is 5.92 Å². The molecule has 2 amide bonds. The maximum absolute atomic E-state index is 13.7. The Labute approximate surface area is 211 Å². The summed E-state index contributed by atoms with van der Waals surface area (Å²) >= 11 is 0. The average Bonchev–Trinajstić information content (AvgIpc) is 2.90. The average molecular weight is 496 g/mol. The van der Waals surface area contributed by atoms with Gasteiger partial charge in [0.15, 0.2) is 0 Å². The molecule has 4 rings (SSSR count). The molecular weight excluding hydrogens is 461 g/mol. The standard InChI is InChI=1S/C28H34FN3O4/c1-18-15-32(19(2)17-33)28(35)24-13-22(20-8-5-4-6-9-20)14-30-26(24)36-25(18)16-31(3)27(34)21-10-7-11-23(29)12-21/h7-8,10-14,18-19,25,33H,4-6,9,15-17H2,1-3H3/t18-,19+,25+/m1/s1. The first kappa shape index (κ1) is 25.8. The van der Waals surface area contributed by atoms with Gasteiger partial charge < -0.3 is 19.6 Å². The lowest BCUT2D eigenvalue weighted by Crippen LogP contribution is -2.50. The number of carbonyl (C=O) groups is 2. The van der Waals surface area contributed by atoms with Gasteiger partial charge in [-0.3, -0.25) is 9.59 Å². The molecule has 0 spiro atoms. The van der Waals surface area contributed by atoms with Crippen molar-refractivity contribution in [2.75, 3.05) is 26.7 Å². The van der Waals surface area contributed by atoms with Crippen LogP contribution in [0, 0.1) is 11.7 Å². The predicted octanol–water partition coefficient (Wildman–Crippen LogP) is 4.17. The fourth-order valence-corrected chi connectivity index (χ4v) is 4.79. The van der Waals surface area contributed by atoms with Crippen LogP contribution in [-0.4, -0.2) is 70.6 Å². The van der Waals surface area contributed by atoms with Crippen molar-refractivity contribution in [3.05, 3.63) is 65.1 Å². The topological polar surface area (TPSA) is 83.0 Å². The van der Waals surface area contributed by atoms with Crippen molar-refractivity contribution >= 4 is 17.4 Å². The first-order valence-corrected chi connectivity index (χ1v) is 12.6. The van der Waals surface area contributed by atoms with Gasteiger partial charge in [-0.15, -0.1) is 0 Å². The predicted molar refractivity (Wildman–Crippen MR) is 135 cm³/mol. The summed E-state index contributed by atoms with van der Waals surface area (Å²) in [5, 5.41) is 9.86. The summed E-state index contributed by atoms with van der Waals surface area (Å²) in [5.74, 6) is -0.970. The molecule has 2 aromatic rings. The number of likely N-dealkylation sites (N-methyl/N-ethyl adjacent to an activating group) is 1. The summed E-state index contributed by atoms with van der Waals surface area (Å²) in [6.07, 6.45) is 7.69. The number of aliphatic hydroxyl groups is 1. The fourth-order valence-electron chi connectivity index (χ4n) is 4.79. The molecule has 1 aromatic heterocycles. The van der Waals surface area contributed by atoms with Gasteiger partial charge in [0.1, 0.15) is 17.5 Å². The number of aliphatic hydroxyl groups excluding tert-OH is 1. The molecular formula is C28H34FN3O4. The lowest BCUT2D eigenvalue weighted by atomic mass is 9.93. The molecule has 0 bridgehead atoms. The summed E-state index contributed by atoms with van der Waals surface area (Å²) in [6.45, 7) is 4.15. The van der Waals surface area contributed by atoms with E-state index < -0.39 is 18.0 Å². The minimum Gasteiger partial charge on any atom is -0.472 e. The molecule has 2 aliphatic rings. The zero-order valence-electron chi connectivity index (χ0n) is 21.1. The Morgan fingerprint density at radius 2 is 2.14 bits per heavy atom. The van der Waals surface area contributed by atoms with E-state index in [1.165, 1.54) is 28.7 Å². The van der Waals surface area contributed by atoms with Crippen LogP contribution in [0.5, 0.6) is 5.88 Å². The Morgan fingerprint density at radius 1 is 1.33 bits per heavy atom. The normalized spacial score (nSPS) is 21.0. The van der Waals surface area contributed by atoms with Crippen LogP contribution >= 0.6 is 0 Å². The number of amides is 2. The zero-order valence-corrected chi connectivity index (χ0v) is 21.1. The third-order valence-electron chi connectivity index (χ3n) is 7.05. The lowest BCUT2D eigenvalue weighted by molar-refractivity contribution is 0.0313. The van der Waals surface area contributed by atoms with Crippen LogP contribution in [0.4, 0.5) is 4.39 Å². The Balaban J connectivity index is 1.65. The number of benzene rings is 1. The van der Waals surface area contributed by atoms with Gasteiger partial charge in [0, 0.05) is 31.3 Å². The zero-order chi connectivity index (χ0) is 25.8. The van der Waals surface area contributed by atoms with Crippen molar-refractivity contribution in [2.45, 2.75) is 51.7 Å². The lowest BCUT2D eigenvalue weighted by Gasteiger charge is -2.37. The molecule has 1 aliphatic heterocycles.